The van der Waals surface area contributed by atoms with E-state index in [2.05, 4.69) is 5.32 Å². The van der Waals surface area contributed by atoms with Crippen LogP contribution in [0.25, 0.3) is 0 Å². The molecule has 0 aliphatic rings. The van der Waals surface area contributed by atoms with Gasteiger partial charge in [-0.3, -0.25) is 4.79 Å². The lowest BCUT2D eigenvalue weighted by Gasteiger charge is -2.07. The highest BCUT2D eigenvalue weighted by Crippen LogP contribution is 2.15. The van der Waals surface area contributed by atoms with Gasteiger partial charge < -0.3 is 10.1 Å². The molecule has 2 aromatic rings. The molecule has 0 unspecified atom stereocenters. The fourth-order valence-corrected chi connectivity index (χ4v) is 1.88. The fourth-order valence-electron chi connectivity index (χ4n) is 1.67. The monoisotopic (exact) mass is 303 g/mol. The van der Waals surface area contributed by atoms with Gasteiger partial charge in [-0.2, -0.15) is 0 Å². The maximum absolute atomic E-state index is 11.8. The smallest absolute Gasteiger partial charge is 0.340 e. The third-order valence-electron chi connectivity index (χ3n) is 2.76. The first-order chi connectivity index (χ1) is 10.1. The molecule has 21 heavy (non-hydrogen) atoms. The largest absolute Gasteiger partial charge is 0.452 e. The SMILES string of the molecule is Cc1ccc(NC(=O)COC(=O)c2ccccc2Cl)cc1. The minimum Gasteiger partial charge on any atom is -0.452 e. The number of esters is 1. The highest BCUT2D eigenvalue weighted by atomic mass is 35.5. The molecule has 0 fully saturated rings. The Bertz CT molecular complexity index is 653. The summed E-state index contributed by atoms with van der Waals surface area (Å²) in [5.41, 5.74) is 1.99. The third-order valence-corrected chi connectivity index (χ3v) is 3.09. The van der Waals surface area contributed by atoms with E-state index in [1.165, 1.54) is 0 Å². The summed E-state index contributed by atoms with van der Waals surface area (Å²) in [4.78, 5) is 23.5. The van der Waals surface area contributed by atoms with E-state index in [0.29, 0.717) is 10.7 Å². The molecule has 0 spiro atoms. The Morgan fingerprint density at radius 3 is 2.43 bits per heavy atom. The molecule has 0 aromatic heterocycles. The van der Waals surface area contributed by atoms with Gasteiger partial charge in [0, 0.05) is 5.69 Å². The number of carbonyl (C=O) groups is 2. The van der Waals surface area contributed by atoms with Gasteiger partial charge in [-0.25, -0.2) is 4.79 Å². The first-order valence-corrected chi connectivity index (χ1v) is 6.72. The molecule has 2 rings (SSSR count). The second kappa shape index (κ2) is 6.90. The number of anilines is 1. The van der Waals surface area contributed by atoms with Crippen LogP contribution < -0.4 is 5.32 Å². The second-order valence-corrected chi connectivity index (χ2v) is 4.88. The van der Waals surface area contributed by atoms with E-state index in [9.17, 15) is 9.59 Å². The number of nitrogens with one attached hydrogen (secondary N) is 1. The van der Waals surface area contributed by atoms with Crippen LogP contribution >= 0.6 is 11.6 Å². The fraction of sp³-hybridized carbons (Fsp3) is 0.125. The Kier molecular flexibility index (Phi) is 4.95. The lowest BCUT2D eigenvalue weighted by Crippen LogP contribution is -2.21. The molecule has 0 saturated heterocycles. The molecule has 0 saturated carbocycles. The second-order valence-electron chi connectivity index (χ2n) is 4.47. The average molecular weight is 304 g/mol. The van der Waals surface area contributed by atoms with E-state index >= 15 is 0 Å². The van der Waals surface area contributed by atoms with Crippen molar-refractivity contribution in [3.63, 3.8) is 0 Å². The Morgan fingerprint density at radius 1 is 1.10 bits per heavy atom. The molecule has 0 bridgehead atoms. The lowest BCUT2D eigenvalue weighted by atomic mass is 10.2. The van der Waals surface area contributed by atoms with Gasteiger partial charge in [0.1, 0.15) is 0 Å². The van der Waals surface area contributed by atoms with Gasteiger partial charge >= 0.3 is 5.97 Å². The van der Waals surface area contributed by atoms with Crippen molar-refractivity contribution in [1.82, 2.24) is 0 Å². The lowest BCUT2D eigenvalue weighted by molar-refractivity contribution is -0.119. The molecular weight excluding hydrogens is 290 g/mol. The molecule has 2 aromatic carbocycles. The van der Waals surface area contributed by atoms with E-state index in [1.807, 2.05) is 19.1 Å². The molecule has 1 amide bonds. The van der Waals surface area contributed by atoms with E-state index in [1.54, 1.807) is 36.4 Å². The van der Waals surface area contributed by atoms with Crippen molar-refractivity contribution in [1.29, 1.82) is 0 Å². The van der Waals surface area contributed by atoms with Gasteiger partial charge in [-0.1, -0.05) is 41.4 Å². The van der Waals surface area contributed by atoms with Gasteiger partial charge in [0.15, 0.2) is 6.61 Å². The number of ether oxygens (including phenoxy) is 1. The standard InChI is InChI=1S/C16H14ClNO3/c1-11-6-8-12(9-7-11)18-15(19)10-21-16(20)13-4-2-3-5-14(13)17/h2-9H,10H2,1H3,(H,18,19). The number of amides is 1. The quantitative estimate of drug-likeness (QED) is 0.880. The van der Waals surface area contributed by atoms with Crippen molar-refractivity contribution in [3.8, 4) is 0 Å². The Morgan fingerprint density at radius 2 is 1.76 bits per heavy atom. The van der Waals surface area contributed by atoms with Crippen molar-refractivity contribution < 1.29 is 14.3 Å². The molecule has 0 radical (unpaired) electrons. The third kappa shape index (κ3) is 4.33. The van der Waals surface area contributed by atoms with Crippen LogP contribution in [0.2, 0.25) is 5.02 Å². The summed E-state index contributed by atoms with van der Waals surface area (Å²) in [7, 11) is 0. The molecule has 0 heterocycles. The zero-order valence-corrected chi connectivity index (χ0v) is 12.2. The van der Waals surface area contributed by atoms with Crippen LogP contribution in [0, 0.1) is 6.92 Å². The van der Waals surface area contributed by atoms with E-state index in [4.69, 9.17) is 16.3 Å². The normalized spacial score (nSPS) is 10.0. The Balaban J connectivity index is 1.88. The maximum atomic E-state index is 11.8. The van der Waals surface area contributed by atoms with Crippen LogP contribution in [-0.2, 0) is 9.53 Å². The van der Waals surface area contributed by atoms with Gasteiger partial charge in [0.25, 0.3) is 5.91 Å². The summed E-state index contributed by atoms with van der Waals surface area (Å²) in [6, 6.07) is 13.8. The van der Waals surface area contributed by atoms with E-state index in [-0.39, 0.29) is 12.2 Å². The Hall–Kier alpha value is -2.33. The zero-order chi connectivity index (χ0) is 15.2. The van der Waals surface area contributed by atoms with Gasteiger partial charge in [-0.05, 0) is 31.2 Å². The number of carbonyl (C=O) groups excluding carboxylic acids is 2. The molecular formula is C16H14ClNO3. The van der Waals surface area contributed by atoms with E-state index in [0.717, 1.165) is 5.56 Å². The van der Waals surface area contributed by atoms with Crippen LogP contribution in [0.4, 0.5) is 5.69 Å². The highest BCUT2D eigenvalue weighted by molar-refractivity contribution is 6.33. The number of benzene rings is 2. The van der Waals surface area contributed by atoms with Crippen LogP contribution in [0.3, 0.4) is 0 Å². The number of hydrogen-bond donors (Lipinski definition) is 1. The van der Waals surface area contributed by atoms with E-state index < -0.39 is 11.9 Å². The minimum absolute atomic E-state index is 0.238. The minimum atomic E-state index is -0.625. The number of hydrogen-bond acceptors (Lipinski definition) is 3. The van der Waals surface area contributed by atoms with Crippen molar-refractivity contribution in [2.24, 2.45) is 0 Å². The Labute approximate surface area is 127 Å². The molecule has 1 N–H and O–H groups in total. The summed E-state index contributed by atoms with van der Waals surface area (Å²) < 4.78 is 4.93. The molecule has 108 valence electrons. The molecule has 0 atom stereocenters. The predicted molar refractivity (Wildman–Crippen MR) is 81.5 cm³/mol. The van der Waals surface area contributed by atoms with Crippen LogP contribution in [0.1, 0.15) is 15.9 Å². The van der Waals surface area contributed by atoms with Crippen LogP contribution in [0.5, 0.6) is 0 Å². The van der Waals surface area contributed by atoms with Gasteiger partial charge in [0.05, 0.1) is 10.6 Å². The summed E-state index contributed by atoms with van der Waals surface area (Å²) in [6.07, 6.45) is 0. The average Bonchev–Trinajstić information content (AvgIpc) is 2.48. The van der Waals surface area contributed by atoms with Gasteiger partial charge in [-0.15, -0.1) is 0 Å². The molecule has 0 aliphatic heterocycles. The van der Waals surface area contributed by atoms with Crippen molar-refractivity contribution in [3.05, 3.63) is 64.7 Å². The number of halogens is 1. The van der Waals surface area contributed by atoms with Crippen molar-refractivity contribution in [2.45, 2.75) is 6.92 Å². The first-order valence-electron chi connectivity index (χ1n) is 6.34. The maximum Gasteiger partial charge on any atom is 0.340 e. The molecule has 0 aliphatic carbocycles. The topological polar surface area (TPSA) is 55.4 Å². The molecule has 4 nitrogen and oxygen atoms in total. The van der Waals surface area contributed by atoms with Crippen molar-refractivity contribution in [2.75, 3.05) is 11.9 Å². The number of aryl methyl sites for hydroxylation is 1. The predicted octanol–water partition coefficient (Wildman–Crippen LogP) is 3.44. The summed E-state index contributed by atoms with van der Waals surface area (Å²) in [6.45, 7) is 1.59. The summed E-state index contributed by atoms with van der Waals surface area (Å²) in [5, 5.41) is 2.93. The van der Waals surface area contributed by atoms with Crippen LogP contribution in [0.15, 0.2) is 48.5 Å². The van der Waals surface area contributed by atoms with Gasteiger partial charge in [0.2, 0.25) is 0 Å². The summed E-state index contributed by atoms with van der Waals surface area (Å²) >= 11 is 5.88. The van der Waals surface area contributed by atoms with Crippen LogP contribution in [-0.4, -0.2) is 18.5 Å². The van der Waals surface area contributed by atoms with Crippen molar-refractivity contribution >= 4 is 29.2 Å². The zero-order valence-electron chi connectivity index (χ0n) is 11.4. The number of rotatable bonds is 4. The summed E-state index contributed by atoms with van der Waals surface area (Å²) in [5.74, 6) is -1.03. The molecule has 5 heteroatoms. The highest BCUT2D eigenvalue weighted by Gasteiger charge is 2.13. The first kappa shape index (κ1) is 15.1.